The number of pyridine rings is 2. The van der Waals surface area contributed by atoms with Crippen molar-refractivity contribution in [3.05, 3.63) is 77.7 Å². The molecule has 146 valence electrons. The zero-order valence-electron chi connectivity index (χ0n) is 16.4. The maximum atomic E-state index is 10.8. The highest BCUT2D eigenvalue weighted by Gasteiger charge is 2.29. The number of hydrogen-bond acceptors (Lipinski definition) is 5. The molecule has 0 aliphatic heterocycles. The average molecular weight is 385 g/mol. The Kier molecular flexibility index (Phi) is 4.48. The van der Waals surface area contributed by atoms with Crippen LogP contribution in [-0.4, -0.2) is 42.8 Å². The van der Waals surface area contributed by atoms with Crippen molar-refractivity contribution in [2.24, 2.45) is 0 Å². The predicted molar refractivity (Wildman–Crippen MR) is 112 cm³/mol. The predicted octanol–water partition coefficient (Wildman–Crippen LogP) is 3.51. The summed E-state index contributed by atoms with van der Waals surface area (Å²) < 4.78 is 1.56. The third-order valence-electron chi connectivity index (χ3n) is 5.78. The first kappa shape index (κ1) is 17.8. The second kappa shape index (κ2) is 7.29. The average Bonchev–Trinajstić information content (AvgIpc) is 3.10. The van der Waals surface area contributed by atoms with Gasteiger partial charge in [-0.15, -0.1) is 0 Å². The fourth-order valence-electron chi connectivity index (χ4n) is 4.19. The molecule has 0 fully saturated rings. The molecule has 5 rings (SSSR count). The monoisotopic (exact) mass is 385 g/mol. The Hall–Kier alpha value is -3.25. The third-order valence-corrected chi connectivity index (χ3v) is 5.78. The van der Waals surface area contributed by atoms with Gasteiger partial charge < -0.3 is 5.11 Å². The van der Waals surface area contributed by atoms with Crippen LogP contribution in [0.15, 0.2) is 60.9 Å². The highest BCUT2D eigenvalue weighted by Crippen LogP contribution is 2.32. The number of fused-ring (bicyclic) bond motifs is 2. The minimum Gasteiger partial charge on any atom is -0.493 e. The lowest BCUT2D eigenvalue weighted by Gasteiger charge is -2.30. The Balaban J connectivity index is 1.35. The van der Waals surface area contributed by atoms with Gasteiger partial charge >= 0.3 is 0 Å². The highest BCUT2D eigenvalue weighted by molar-refractivity contribution is 5.78. The van der Waals surface area contributed by atoms with Crippen molar-refractivity contribution in [3.63, 3.8) is 0 Å². The first-order chi connectivity index (χ1) is 14.2. The molecule has 1 aliphatic rings. The molecular formula is C23H23N5O. The van der Waals surface area contributed by atoms with E-state index in [0.717, 1.165) is 42.6 Å². The van der Waals surface area contributed by atoms with E-state index in [1.54, 1.807) is 10.9 Å². The molecule has 0 amide bonds. The lowest BCUT2D eigenvalue weighted by molar-refractivity contribution is 0.212. The Labute approximate surface area is 169 Å². The largest absolute Gasteiger partial charge is 0.493 e. The van der Waals surface area contributed by atoms with Crippen LogP contribution in [0.3, 0.4) is 0 Å². The zero-order chi connectivity index (χ0) is 19.8. The molecule has 0 bridgehead atoms. The van der Waals surface area contributed by atoms with Gasteiger partial charge in [-0.25, -0.2) is 4.98 Å². The van der Waals surface area contributed by atoms with Crippen molar-refractivity contribution in [1.29, 1.82) is 0 Å². The van der Waals surface area contributed by atoms with Crippen LogP contribution >= 0.6 is 0 Å². The second-order valence-electron chi connectivity index (χ2n) is 7.69. The number of aryl methyl sites for hydroxylation is 1. The Bertz CT molecular complexity index is 1150. The van der Waals surface area contributed by atoms with Crippen LogP contribution in [0.2, 0.25) is 0 Å². The Morgan fingerprint density at radius 1 is 1.10 bits per heavy atom. The van der Waals surface area contributed by atoms with Gasteiger partial charge in [0.05, 0.1) is 11.2 Å². The molecule has 0 saturated carbocycles. The topological polar surface area (TPSA) is 67.1 Å². The number of aromatic hydroxyl groups is 1. The SMILES string of the molecule is CN(Cc1ccc2ncccc2c1)C1CCc2nn(-c3ccccn3)c(O)c2C1. The van der Waals surface area contributed by atoms with Crippen LogP contribution in [0.25, 0.3) is 16.7 Å². The van der Waals surface area contributed by atoms with Gasteiger partial charge in [-0.2, -0.15) is 9.78 Å². The van der Waals surface area contributed by atoms with E-state index < -0.39 is 0 Å². The number of aromatic nitrogens is 4. The van der Waals surface area contributed by atoms with Crippen LogP contribution in [0.5, 0.6) is 5.88 Å². The molecule has 3 heterocycles. The molecule has 6 heteroatoms. The van der Waals surface area contributed by atoms with E-state index in [-0.39, 0.29) is 5.88 Å². The minimum absolute atomic E-state index is 0.216. The van der Waals surface area contributed by atoms with Crippen LogP contribution in [0.4, 0.5) is 0 Å². The first-order valence-corrected chi connectivity index (χ1v) is 9.94. The first-order valence-electron chi connectivity index (χ1n) is 9.94. The Morgan fingerprint density at radius 3 is 2.86 bits per heavy atom. The number of rotatable bonds is 4. The smallest absolute Gasteiger partial charge is 0.219 e. The second-order valence-corrected chi connectivity index (χ2v) is 7.69. The highest BCUT2D eigenvalue weighted by atomic mass is 16.3. The van der Waals surface area contributed by atoms with Crippen molar-refractivity contribution in [3.8, 4) is 11.7 Å². The van der Waals surface area contributed by atoms with Crippen molar-refractivity contribution >= 4 is 10.9 Å². The van der Waals surface area contributed by atoms with Crippen molar-refractivity contribution in [1.82, 2.24) is 24.6 Å². The van der Waals surface area contributed by atoms with Gasteiger partial charge in [-0.1, -0.05) is 18.2 Å². The van der Waals surface area contributed by atoms with Gasteiger partial charge in [0.15, 0.2) is 5.82 Å². The number of likely N-dealkylation sites (N-methyl/N-ethyl adjacent to an activating group) is 1. The summed E-state index contributed by atoms with van der Waals surface area (Å²) in [6.07, 6.45) is 6.22. The molecule has 6 nitrogen and oxygen atoms in total. The van der Waals surface area contributed by atoms with E-state index in [4.69, 9.17) is 0 Å². The van der Waals surface area contributed by atoms with Crippen molar-refractivity contribution in [2.45, 2.75) is 31.8 Å². The van der Waals surface area contributed by atoms with Gasteiger partial charge in [0.2, 0.25) is 5.88 Å². The van der Waals surface area contributed by atoms with Crippen molar-refractivity contribution in [2.75, 3.05) is 7.05 Å². The number of benzene rings is 1. The lowest BCUT2D eigenvalue weighted by Crippen LogP contribution is -2.35. The summed E-state index contributed by atoms with van der Waals surface area (Å²) in [6.45, 7) is 0.861. The fraction of sp³-hybridized carbons (Fsp3) is 0.261. The number of nitrogens with zero attached hydrogens (tertiary/aromatic N) is 5. The third kappa shape index (κ3) is 3.36. The normalized spacial score (nSPS) is 16.3. The molecule has 1 unspecified atom stereocenters. The van der Waals surface area contributed by atoms with Gasteiger partial charge in [0.25, 0.3) is 0 Å². The summed E-state index contributed by atoms with van der Waals surface area (Å²) in [7, 11) is 2.16. The van der Waals surface area contributed by atoms with Crippen LogP contribution in [-0.2, 0) is 19.4 Å². The fourth-order valence-corrected chi connectivity index (χ4v) is 4.19. The van der Waals surface area contributed by atoms with E-state index >= 15 is 0 Å². The summed E-state index contributed by atoms with van der Waals surface area (Å²) in [6, 6.07) is 16.5. The van der Waals surface area contributed by atoms with Crippen LogP contribution in [0.1, 0.15) is 23.2 Å². The molecule has 29 heavy (non-hydrogen) atoms. The molecule has 3 aromatic heterocycles. The summed E-state index contributed by atoms with van der Waals surface area (Å²) in [4.78, 5) is 11.1. The summed E-state index contributed by atoms with van der Waals surface area (Å²) in [5, 5.41) is 16.5. The van der Waals surface area contributed by atoms with Gasteiger partial charge in [-0.05, 0) is 62.2 Å². The van der Waals surface area contributed by atoms with E-state index in [1.807, 2.05) is 30.5 Å². The molecule has 0 radical (unpaired) electrons. The van der Waals surface area contributed by atoms with Crippen LogP contribution in [0, 0.1) is 0 Å². The molecular weight excluding hydrogens is 362 g/mol. The Morgan fingerprint density at radius 2 is 2.00 bits per heavy atom. The van der Waals surface area contributed by atoms with E-state index in [0.29, 0.717) is 11.9 Å². The summed E-state index contributed by atoms with van der Waals surface area (Å²) in [5.41, 5.74) is 4.22. The molecule has 4 aromatic rings. The standard InChI is InChI=1S/C23H23N5O/c1-27(15-16-7-9-20-17(13-16)5-4-12-24-20)18-8-10-21-19(14-18)23(29)28(26-21)22-6-2-3-11-25-22/h2-7,9,11-13,18,29H,8,10,14-15H2,1H3. The molecule has 1 aromatic carbocycles. The van der Waals surface area contributed by atoms with Gasteiger partial charge in [0, 0.05) is 35.9 Å². The molecule has 1 N–H and O–H groups in total. The van der Waals surface area contributed by atoms with Crippen molar-refractivity contribution < 1.29 is 5.11 Å². The summed E-state index contributed by atoms with van der Waals surface area (Å²) in [5.74, 6) is 0.864. The summed E-state index contributed by atoms with van der Waals surface area (Å²) >= 11 is 0. The zero-order valence-corrected chi connectivity index (χ0v) is 16.4. The molecule has 1 aliphatic carbocycles. The number of hydrogen-bond donors (Lipinski definition) is 1. The molecule has 0 spiro atoms. The quantitative estimate of drug-likeness (QED) is 0.582. The van der Waals surface area contributed by atoms with Gasteiger partial charge in [-0.3, -0.25) is 9.88 Å². The lowest BCUT2D eigenvalue weighted by atomic mass is 9.92. The maximum Gasteiger partial charge on any atom is 0.219 e. The van der Waals surface area contributed by atoms with E-state index in [9.17, 15) is 5.11 Å². The maximum absolute atomic E-state index is 10.8. The minimum atomic E-state index is 0.216. The van der Waals surface area contributed by atoms with E-state index in [1.165, 1.54) is 10.9 Å². The van der Waals surface area contributed by atoms with E-state index in [2.05, 4.69) is 51.3 Å². The molecule has 0 saturated heterocycles. The van der Waals surface area contributed by atoms with Crippen LogP contribution < -0.4 is 0 Å². The van der Waals surface area contributed by atoms with Gasteiger partial charge in [0.1, 0.15) is 0 Å². The molecule has 1 atom stereocenters.